The number of hydrogen-bond acceptors (Lipinski definition) is 11. The number of amides is 3. The number of nitrogen functional groups attached to an aromatic ring is 1. The molecule has 13 nitrogen and oxygen atoms in total. The largest absolute Gasteiger partial charge is 0.477 e. The highest BCUT2D eigenvalue weighted by Gasteiger charge is 2.54. The van der Waals surface area contributed by atoms with Crippen molar-refractivity contribution in [2.24, 2.45) is 5.16 Å². The summed E-state index contributed by atoms with van der Waals surface area (Å²) in [6.45, 7) is 1.02. The first-order chi connectivity index (χ1) is 14.2. The van der Waals surface area contributed by atoms with Crippen molar-refractivity contribution in [2.45, 2.75) is 18.3 Å². The molecule has 0 saturated carbocycles. The van der Waals surface area contributed by atoms with E-state index in [0.29, 0.717) is 5.57 Å². The van der Waals surface area contributed by atoms with E-state index >= 15 is 0 Å². The zero-order chi connectivity index (χ0) is 22.0. The van der Waals surface area contributed by atoms with E-state index in [1.54, 1.807) is 0 Å². The van der Waals surface area contributed by atoms with E-state index in [9.17, 15) is 24.3 Å². The summed E-state index contributed by atoms with van der Waals surface area (Å²) in [5.74, 6) is -3.10. The van der Waals surface area contributed by atoms with Crippen molar-refractivity contribution in [3.05, 3.63) is 22.3 Å². The number of carbonyl (C=O) groups is 4. The fourth-order valence-electron chi connectivity index (χ4n) is 2.84. The standard InChI is InChI=1S/C15H16N6O7S2/c1-5(22)20-28-2-6-3-29-13-9(12(24)21(13)10(6)14(25)26)18-11(23)8(19-27)7-4-30-15(16)17-7/h4,9,13,27H,2-3H2,1H3,(H2,16,17)(H,18,23)(H,20,22)(H,25,26)/t9?,13-/m1/s1. The Balaban J connectivity index is 1.73. The van der Waals surface area contributed by atoms with Crippen molar-refractivity contribution in [2.75, 3.05) is 18.1 Å². The number of nitrogens with zero attached hydrogens (tertiary/aromatic N) is 3. The van der Waals surface area contributed by atoms with Crippen LogP contribution in [0.3, 0.4) is 0 Å². The Labute approximate surface area is 176 Å². The molecule has 0 radical (unpaired) electrons. The van der Waals surface area contributed by atoms with Gasteiger partial charge in [-0.3, -0.25) is 24.1 Å². The maximum atomic E-state index is 12.6. The Bertz CT molecular complexity index is 974. The van der Waals surface area contributed by atoms with Gasteiger partial charge in [-0.25, -0.2) is 15.3 Å². The Hall–Kier alpha value is -3.17. The number of hydrogen-bond donors (Lipinski definition) is 5. The van der Waals surface area contributed by atoms with Gasteiger partial charge in [0.1, 0.15) is 22.8 Å². The maximum absolute atomic E-state index is 12.6. The molecule has 0 spiro atoms. The zero-order valence-corrected chi connectivity index (χ0v) is 17.0. The molecule has 3 rings (SSSR count). The van der Waals surface area contributed by atoms with Crippen molar-refractivity contribution < 1.29 is 34.3 Å². The maximum Gasteiger partial charge on any atom is 0.352 e. The van der Waals surface area contributed by atoms with Gasteiger partial charge in [0.15, 0.2) is 10.8 Å². The summed E-state index contributed by atoms with van der Waals surface area (Å²) in [5, 5.41) is 25.0. The third-order valence-corrected chi connectivity index (χ3v) is 6.09. The number of β-lactam (4-membered cyclic amide) rings is 1. The van der Waals surface area contributed by atoms with Gasteiger partial charge in [-0.15, -0.1) is 23.1 Å². The minimum atomic E-state index is -1.34. The van der Waals surface area contributed by atoms with Crippen LogP contribution in [0.25, 0.3) is 0 Å². The van der Waals surface area contributed by atoms with Crippen LogP contribution in [0.2, 0.25) is 0 Å². The van der Waals surface area contributed by atoms with Crippen molar-refractivity contribution in [3.63, 3.8) is 0 Å². The second kappa shape index (κ2) is 8.68. The van der Waals surface area contributed by atoms with Crippen LogP contribution in [0.15, 0.2) is 21.8 Å². The van der Waals surface area contributed by atoms with Gasteiger partial charge in [0.25, 0.3) is 11.8 Å². The summed E-state index contributed by atoms with van der Waals surface area (Å²) in [4.78, 5) is 57.5. The second-order valence-electron chi connectivity index (χ2n) is 6.08. The molecule has 1 aromatic rings. The molecular weight excluding hydrogens is 440 g/mol. The predicted octanol–water partition coefficient (Wildman–Crippen LogP) is -1.29. The van der Waals surface area contributed by atoms with Gasteiger partial charge >= 0.3 is 5.97 Å². The summed E-state index contributed by atoms with van der Waals surface area (Å²) >= 11 is 2.26. The molecule has 0 aliphatic carbocycles. The normalized spacial score (nSPS) is 21.0. The van der Waals surface area contributed by atoms with E-state index in [4.69, 9.17) is 15.8 Å². The molecule has 1 fully saturated rings. The molecule has 1 aromatic heterocycles. The Kier molecular flexibility index (Phi) is 6.23. The summed E-state index contributed by atoms with van der Waals surface area (Å²) in [6.07, 6.45) is 0. The second-order valence-corrected chi connectivity index (χ2v) is 8.08. The van der Waals surface area contributed by atoms with Crippen molar-refractivity contribution >= 4 is 57.6 Å². The molecule has 3 amide bonds. The molecule has 15 heteroatoms. The highest BCUT2D eigenvalue weighted by molar-refractivity contribution is 8.00. The minimum Gasteiger partial charge on any atom is -0.477 e. The quantitative estimate of drug-likeness (QED) is 0.142. The smallest absolute Gasteiger partial charge is 0.352 e. The van der Waals surface area contributed by atoms with E-state index in [1.807, 2.05) is 0 Å². The molecule has 6 N–H and O–H groups in total. The molecule has 1 saturated heterocycles. The SMILES string of the molecule is CC(=O)NOCC1=C(C(=O)O)N2C(=O)C(NC(=O)C(=NO)c3csc(N)n3)[C@H]2SC1. The first kappa shape index (κ1) is 21.5. The van der Waals surface area contributed by atoms with E-state index < -0.39 is 40.8 Å². The third kappa shape index (κ3) is 4.07. The number of nitrogens with two attached hydrogens (primary N) is 1. The van der Waals surface area contributed by atoms with Gasteiger partial charge in [0, 0.05) is 18.1 Å². The number of thiazole rings is 1. The molecule has 0 aromatic carbocycles. The predicted molar refractivity (Wildman–Crippen MR) is 104 cm³/mol. The number of rotatable bonds is 7. The topological polar surface area (TPSA) is 197 Å². The van der Waals surface area contributed by atoms with Crippen molar-refractivity contribution in [1.82, 2.24) is 20.7 Å². The number of anilines is 1. The molecule has 2 atom stereocenters. The van der Waals surface area contributed by atoms with Gasteiger partial charge in [-0.2, -0.15) is 0 Å². The van der Waals surface area contributed by atoms with Crippen LogP contribution in [0.1, 0.15) is 12.6 Å². The van der Waals surface area contributed by atoms with Crippen LogP contribution >= 0.6 is 23.1 Å². The Morgan fingerprint density at radius 3 is 2.77 bits per heavy atom. The highest BCUT2D eigenvalue weighted by Crippen LogP contribution is 2.40. The number of fused-ring (bicyclic) bond motifs is 1. The van der Waals surface area contributed by atoms with Crippen molar-refractivity contribution in [3.8, 4) is 0 Å². The number of carboxylic acid groups (broad SMARTS) is 1. The fraction of sp³-hybridized carbons (Fsp3) is 0.333. The van der Waals surface area contributed by atoms with E-state index in [0.717, 1.165) is 16.2 Å². The molecular formula is C15H16N6O7S2. The van der Waals surface area contributed by atoms with E-state index in [-0.39, 0.29) is 28.9 Å². The molecule has 1 unspecified atom stereocenters. The number of thioether (sulfide) groups is 1. The summed E-state index contributed by atoms with van der Waals surface area (Å²) in [7, 11) is 0. The average Bonchev–Trinajstić information content (AvgIpc) is 3.11. The molecule has 2 aliphatic heterocycles. The first-order valence-electron chi connectivity index (χ1n) is 8.27. The molecule has 2 aliphatic rings. The van der Waals surface area contributed by atoms with Gasteiger partial charge in [0.2, 0.25) is 5.91 Å². The minimum absolute atomic E-state index is 0.0425. The first-order valence-corrected chi connectivity index (χ1v) is 10.2. The summed E-state index contributed by atoms with van der Waals surface area (Å²) in [5.41, 5.74) is 7.26. The molecule has 0 bridgehead atoms. The third-order valence-electron chi connectivity index (χ3n) is 4.08. The lowest BCUT2D eigenvalue weighted by Gasteiger charge is -2.49. The Morgan fingerprint density at radius 1 is 1.47 bits per heavy atom. The number of carboxylic acids is 1. The zero-order valence-electron chi connectivity index (χ0n) is 15.3. The van der Waals surface area contributed by atoms with Crippen LogP contribution in [-0.4, -0.2) is 73.4 Å². The van der Waals surface area contributed by atoms with Crippen LogP contribution in [0.5, 0.6) is 0 Å². The summed E-state index contributed by atoms with van der Waals surface area (Å²) in [6, 6.07) is -1.03. The lowest BCUT2D eigenvalue weighted by atomic mass is 10.0. The molecule has 30 heavy (non-hydrogen) atoms. The van der Waals surface area contributed by atoms with E-state index in [2.05, 4.69) is 20.9 Å². The highest BCUT2D eigenvalue weighted by atomic mass is 32.2. The number of aromatic nitrogens is 1. The van der Waals surface area contributed by atoms with Crippen LogP contribution in [-0.2, 0) is 24.0 Å². The lowest BCUT2D eigenvalue weighted by molar-refractivity contribution is -0.150. The van der Waals surface area contributed by atoms with Gasteiger partial charge in [-0.05, 0) is 5.57 Å². The van der Waals surface area contributed by atoms with E-state index in [1.165, 1.54) is 24.1 Å². The van der Waals surface area contributed by atoms with Crippen molar-refractivity contribution in [1.29, 1.82) is 0 Å². The summed E-state index contributed by atoms with van der Waals surface area (Å²) < 4.78 is 0. The van der Waals surface area contributed by atoms with Gasteiger partial charge < -0.3 is 21.4 Å². The number of carbonyl (C=O) groups excluding carboxylic acids is 3. The molecule has 3 heterocycles. The number of aliphatic carboxylic acids is 1. The van der Waals surface area contributed by atoms with Crippen LogP contribution in [0, 0.1) is 0 Å². The van der Waals surface area contributed by atoms with Gasteiger partial charge in [0.05, 0.1) is 6.61 Å². The lowest BCUT2D eigenvalue weighted by Crippen LogP contribution is -2.71. The monoisotopic (exact) mass is 456 g/mol. The van der Waals surface area contributed by atoms with Gasteiger partial charge in [-0.1, -0.05) is 5.16 Å². The number of oxime groups is 1. The number of nitrogens with one attached hydrogen (secondary N) is 2. The average molecular weight is 456 g/mol. The number of hydroxylamine groups is 1. The molecule has 160 valence electrons. The Morgan fingerprint density at radius 2 is 2.20 bits per heavy atom. The van der Waals surface area contributed by atoms with Crippen LogP contribution < -0.4 is 16.5 Å². The fourth-order valence-corrected chi connectivity index (χ4v) is 4.71. The van der Waals surface area contributed by atoms with Crippen LogP contribution in [0.4, 0.5) is 5.13 Å².